The van der Waals surface area contributed by atoms with E-state index in [0.29, 0.717) is 17.0 Å². The molecule has 0 fully saturated rings. The number of Topliss-reactive ketones (excluding diaryl/α,β-unsaturated/α-hetero) is 1. The normalized spacial score (nSPS) is 11.4. The van der Waals surface area contributed by atoms with Crippen LogP contribution in [0.4, 0.5) is 5.69 Å². The lowest BCUT2D eigenvalue weighted by Gasteiger charge is -2.14. The molecule has 1 amide bonds. The van der Waals surface area contributed by atoms with Gasteiger partial charge < -0.3 is 14.8 Å². The zero-order valence-electron chi connectivity index (χ0n) is 15.7. The number of benzene rings is 2. The van der Waals surface area contributed by atoms with Crippen molar-refractivity contribution in [1.82, 2.24) is 0 Å². The molecule has 2 aromatic rings. The van der Waals surface area contributed by atoms with Crippen LogP contribution in [0.1, 0.15) is 36.2 Å². The molecule has 6 nitrogen and oxygen atoms in total. The summed E-state index contributed by atoms with van der Waals surface area (Å²) in [4.78, 5) is 35.4. The molecule has 0 aliphatic carbocycles. The Morgan fingerprint density at radius 1 is 1.07 bits per heavy atom. The largest absolute Gasteiger partial charge is 0.493 e. The van der Waals surface area contributed by atoms with Gasteiger partial charge in [0.15, 0.2) is 11.9 Å². The molecule has 1 N–H and O–H groups in total. The first-order chi connectivity index (χ1) is 12.8. The number of amides is 1. The van der Waals surface area contributed by atoms with E-state index in [2.05, 4.69) is 5.32 Å². The molecular formula is C21H23NO5. The molecule has 0 unspecified atom stereocenters. The number of carbonyl (C=O) groups excluding carboxylic acids is 3. The van der Waals surface area contributed by atoms with Crippen LogP contribution in [0.2, 0.25) is 0 Å². The molecule has 0 bridgehead atoms. The number of ketones is 1. The van der Waals surface area contributed by atoms with Gasteiger partial charge in [-0.25, -0.2) is 0 Å². The van der Waals surface area contributed by atoms with E-state index in [1.54, 1.807) is 24.3 Å². The quantitative estimate of drug-likeness (QED) is 0.568. The topological polar surface area (TPSA) is 81.7 Å². The van der Waals surface area contributed by atoms with Gasteiger partial charge in [0.1, 0.15) is 5.75 Å². The van der Waals surface area contributed by atoms with Gasteiger partial charge in [-0.1, -0.05) is 24.3 Å². The maximum absolute atomic E-state index is 12.2. The van der Waals surface area contributed by atoms with Gasteiger partial charge in [0, 0.05) is 11.3 Å². The van der Waals surface area contributed by atoms with Crippen LogP contribution in [0.25, 0.3) is 0 Å². The van der Waals surface area contributed by atoms with Crippen molar-refractivity contribution in [3.05, 3.63) is 59.7 Å². The fourth-order valence-electron chi connectivity index (χ4n) is 2.33. The predicted octanol–water partition coefficient (Wildman–Crippen LogP) is 3.54. The monoisotopic (exact) mass is 369 g/mol. The van der Waals surface area contributed by atoms with E-state index in [1.807, 2.05) is 31.2 Å². The molecule has 0 aromatic heterocycles. The number of nitrogens with one attached hydrogen (secondary N) is 1. The second-order valence-electron chi connectivity index (χ2n) is 6.17. The molecule has 2 rings (SSSR count). The lowest BCUT2D eigenvalue weighted by atomic mass is 10.1. The highest BCUT2D eigenvalue weighted by molar-refractivity contribution is 5.98. The second kappa shape index (κ2) is 9.52. The molecule has 0 aliphatic rings. The summed E-state index contributed by atoms with van der Waals surface area (Å²) in [6, 6.07) is 14.1. The molecule has 1 atom stereocenters. The number of ether oxygens (including phenoxy) is 2. The number of anilines is 1. The minimum absolute atomic E-state index is 0.0331. The van der Waals surface area contributed by atoms with Gasteiger partial charge in [-0.05, 0) is 50.6 Å². The summed E-state index contributed by atoms with van der Waals surface area (Å²) in [6.07, 6.45) is -0.928. The van der Waals surface area contributed by atoms with Crippen molar-refractivity contribution in [3.8, 4) is 5.75 Å². The first-order valence-corrected chi connectivity index (χ1v) is 8.66. The molecule has 0 aliphatic heterocycles. The SMILES string of the molecule is CC(=O)c1cccc(NC(=O)[C@H](C)OC(=O)CCOc2cccc(C)c2)c1. The zero-order valence-corrected chi connectivity index (χ0v) is 15.7. The van der Waals surface area contributed by atoms with E-state index in [9.17, 15) is 14.4 Å². The average Bonchev–Trinajstić information content (AvgIpc) is 2.62. The van der Waals surface area contributed by atoms with Crippen LogP contribution < -0.4 is 10.1 Å². The molecule has 0 saturated heterocycles. The molecule has 0 saturated carbocycles. The Morgan fingerprint density at radius 3 is 2.52 bits per heavy atom. The third-order valence-electron chi connectivity index (χ3n) is 3.78. The molecule has 2 aromatic carbocycles. The molecule has 0 radical (unpaired) electrons. The molecule has 27 heavy (non-hydrogen) atoms. The number of carbonyl (C=O) groups is 3. The fourth-order valence-corrected chi connectivity index (χ4v) is 2.33. The van der Waals surface area contributed by atoms with Gasteiger partial charge in [-0.15, -0.1) is 0 Å². The third kappa shape index (κ3) is 6.58. The number of esters is 1. The van der Waals surface area contributed by atoms with Crippen LogP contribution in [0.5, 0.6) is 5.75 Å². The van der Waals surface area contributed by atoms with Crippen molar-refractivity contribution in [3.63, 3.8) is 0 Å². The van der Waals surface area contributed by atoms with Crippen molar-refractivity contribution in [2.45, 2.75) is 33.3 Å². The Bertz CT molecular complexity index is 831. The zero-order chi connectivity index (χ0) is 19.8. The van der Waals surface area contributed by atoms with E-state index >= 15 is 0 Å². The first-order valence-electron chi connectivity index (χ1n) is 8.66. The molecule has 0 heterocycles. The molecule has 0 spiro atoms. The summed E-state index contributed by atoms with van der Waals surface area (Å²) in [5.74, 6) is -0.412. The molecule has 142 valence electrons. The van der Waals surface area contributed by atoms with Gasteiger partial charge in [-0.2, -0.15) is 0 Å². The molecular weight excluding hydrogens is 346 g/mol. The van der Waals surface area contributed by atoms with Crippen molar-refractivity contribution in [1.29, 1.82) is 0 Å². The van der Waals surface area contributed by atoms with Crippen LogP contribution in [-0.4, -0.2) is 30.4 Å². The molecule has 6 heteroatoms. The first kappa shape index (κ1) is 20.2. The highest BCUT2D eigenvalue weighted by Gasteiger charge is 2.18. The van der Waals surface area contributed by atoms with Crippen molar-refractivity contribution in [2.75, 3.05) is 11.9 Å². The number of aryl methyl sites for hydroxylation is 1. The predicted molar refractivity (Wildman–Crippen MR) is 102 cm³/mol. The van der Waals surface area contributed by atoms with Crippen LogP contribution in [0.3, 0.4) is 0 Å². The summed E-state index contributed by atoms with van der Waals surface area (Å²) >= 11 is 0. The average molecular weight is 369 g/mol. The Labute approximate surface area is 158 Å². The Morgan fingerprint density at radius 2 is 1.81 bits per heavy atom. The van der Waals surface area contributed by atoms with Crippen LogP contribution in [0.15, 0.2) is 48.5 Å². The van der Waals surface area contributed by atoms with Gasteiger partial charge in [0.2, 0.25) is 0 Å². The highest BCUT2D eigenvalue weighted by Crippen LogP contribution is 2.14. The summed E-state index contributed by atoms with van der Waals surface area (Å²) in [7, 11) is 0. The maximum Gasteiger partial charge on any atom is 0.310 e. The van der Waals surface area contributed by atoms with Gasteiger partial charge in [0.05, 0.1) is 13.0 Å². The van der Waals surface area contributed by atoms with Crippen LogP contribution in [-0.2, 0) is 14.3 Å². The minimum atomic E-state index is -0.961. The smallest absolute Gasteiger partial charge is 0.310 e. The van der Waals surface area contributed by atoms with E-state index in [1.165, 1.54) is 13.8 Å². The van der Waals surface area contributed by atoms with Gasteiger partial charge in [0.25, 0.3) is 5.91 Å². The van der Waals surface area contributed by atoms with Crippen molar-refractivity contribution < 1.29 is 23.9 Å². The third-order valence-corrected chi connectivity index (χ3v) is 3.78. The number of hydrogen-bond acceptors (Lipinski definition) is 5. The van der Waals surface area contributed by atoms with Gasteiger partial charge >= 0.3 is 5.97 Å². The number of hydrogen-bond donors (Lipinski definition) is 1. The lowest BCUT2D eigenvalue weighted by Crippen LogP contribution is -2.30. The fraction of sp³-hybridized carbons (Fsp3) is 0.286. The van der Waals surface area contributed by atoms with Crippen molar-refractivity contribution in [2.24, 2.45) is 0 Å². The minimum Gasteiger partial charge on any atom is -0.493 e. The van der Waals surface area contributed by atoms with Crippen LogP contribution >= 0.6 is 0 Å². The van der Waals surface area contributed by atoms with Crippen molar-refractivity contribution >= 4 is 23.3 Å². The maximum atomic E-state index is 12.2. The Hall–Kier alpha value is -3.15. The Balaban J connectivity index is 1.78. The summed E-state index contributed by atoms with van der Waals surface area (Å²) < 4.78 is 10.6. The van der Waals surface area contributed by atoms with E-state index in [4.69, 9.17) is 9.47 Å². The second-order valence-corrected chi connectivity index (χ2v) is 6.17. The van der Waals surface area contributed by atoms with E-state index < -0.39 is 18.0 Å². The van der Waals surface area contributed by atoms with Crippen LogP contribution in [0, 0.1) is 6.92 Å². The summed E-state index contributed by atoms with van der Waals surface area (Å²) in [5, 5.41) is 2.63. The highest BCUT2D eigenvalue weighted by atomic mass is 16.5. The van der Waals surface area contributed by atoms with E-state index in [-0.39, 0.29) is 18.8 Å². The van der Waals surface area contributed by atoms with E-state index in [0.717, 1.165) is 5.56 Å². The Kier molecular flexibility index (Phi) is 7.11. The standard InChI is InChI=1S/C21H23NO5/c1-14-6-4-9-19(12-14)26-11-10-20(24)27-16(3)21(25)22-18-8-5-7-17(13-18)15(2)23/h4-9,12-13,16H,10-11H2,1-3H3,(H,22,25)/t16-/m0/s1. The van der Waals surface area contributed by atoms with Gasteiger partial charge in [-0.3, -0.25) is 14.4 Å². The summed E-state index contributed by atoms with van der Waals surface area (Å²) in [6.45, 7) is 5.05. The summed E-state index contributed by atoms with van der Waals surface area (Å²) in [5.41, 5.74) is 2.03. The lowest BCUT2D eigenvalue weighted by molar-refractivity contribution is -0.153. The number of rotatable bonds is 8.